The van der Waals surface area contributed by atoms with Crippen LogP contribution in [0.1, 0.15) is 39.4 Å². The molecule has 5 heteroatoms. The molecule has 0 aliphatic carbocycles. The smallest absolute Gasteiger partial charge is 0.136 e. The molecule has 2 atom stereocenters. The van der Waals surface area contributed by atoms with Crippen LogP contribution >= 0.6 is 11.3 Å². The van der Waals surface area contributed by atoms with Crippen LogP contribution in [0.3, 0.4) is 0 Å². The van der Waals surface area contributed by atoms with Crippen LogP contribution in [0.4, 0.5) is 0 Å². The molecule has 0 amide bonds. The average molecular weight is 232 g/mol. The highest BCUT2D eigenvalue weighted by atomic mass is 32.2. The highest BCUT2D eigenvalue weighted by Crippen LogP contribution is 2.19. The molecule has 1 N–H and O–H groups in total. The van der Waals surface area contributed by atoms with Gasteiger partial charge in [-0.2, -0.15) is 0 Å². The Balaban J connectivity index is 2.53. The fourth-order valence-electron chi connectivity index (χ4n) is 0.833. The van der Waals surface area contributed by atoms with Gasteiger partial charge in [0.25, 0.3) is 0 Å². The number of rotatable bonds is 3. The molecule has 1 heterocycles. The number of thiazole rings is 1. The number of nitrogens with zero attached hydrogens (tertiary/aromatic N) is 1. The van der Waals surface area contributed by atoms with Crippen LogP contribution in [0.2, 0.25) is 0 Å². The molecular formula is C9H16N2OS2. The summed E-state index contributed by atoms with van der Waals surface area (Å²) in [7, 11) is 0. The summed E-state index contributed by atoms with van der Waals surface area (Å²) >= 11 is 0.515. The minimum absolute atomic E-state index is 0.0429. The third-order valence-electron chi connectivity index (χ3n) is 1.74. The molecule has 0 spiro atoms. The van der Waals surface area contributed by atoms with Crippen molar-refractivity contribution in [3.05, 3.63) is 16.6 Å². The average Bonchev–Trinajstić information content (AvgIpc) is 2.53. The van der Waals surface area contributed by atoms with Crippen LogP contribution in [-0.2, 0) is 11.4 Å². The Labute approximate surface area is 92.3 Å². The van der Waals surface area contributed by atoms with Crippen molar-refractivity contribution < 1.29 is 4.55 Å². The second-order valence-electron chi connectivity index (χ2n) is 4.13. The zero-order valence-electron chi connectivity index (χ0n) is 8.90. The van der Waals surface area contributed by atoms with Crippen molar-refractivity contribution >= 4 is 22.7 Å². The molecule has 0 aromatic carbocycles. The summed E-state index contributed by atoms with van der Waals surface area (Å²) in [6, 6.07) is 0.0429. The molecule has 14 heavy (non-hydrogen) atoms. The molecule has 1 rings (SSSR count). The van der Waals surface area contributed by atoms with Gasteiger partial charge in [-0.05, 0) is 27.7 Å². The van der Waals surface area contributed by atoms with E-state index in [0.717, 1.165) is 5.69 Å². The second-order valence-corrected chi connectivity index (χ2v) is 6.85. The van der Waals surface area contributed by atoms with E-state index in [4.69, 9.17) is 0 Å². The molecule has 0 bridgehead atoms. The van der Waals surface area contributed by atoms with Crippen LogP contribution in [0.25, 0.3) is 0 Å². The third-order valence-corrected chi connectivity index (χ3v) is 4.02. The molecule has 0 radical (unpaired) electrons. The lowest BCUT2D eigenvalue weighted by Crippen LogP contribution is -2.40. The van der Waals surface area contributed by atoms with Crippen molar-refractivity contribution in [1.29, 1.82) is 0 Å². The van der Waals surface area contributed by atoms with Crippen LogP contribution in [0.5, 0.6) is 0 Å². The third kappa shape index (κ3) is 3.24. The number of hydrogen-bond donors (Lipinski definition) is 1. The molecule has 1 aromatic rings. The van der Waals surface area contributed by atoms with E-state index in [1.807, 2.05) is 33.1 Å². The lowest BCUT2D eigenvalue weighted by atomic mass is 10.3. The number of aromatic nitrogens is 1. The van der Waals surface area contributed by atoms with E-state index in [-0.39, 0.29) is 10.8 Å². The molecule has 0 saturated heterocycles. The van der Waals surface area contributed by atoms with Crippen molar-refractivity contribution in [2.75, 3.05) is 0 Å². The van der Waals surface area contributed by atoms with Gasteiger partial charge in [0.15, 0.2) is 0 Å². The first kappa shape index (κ1) is 12.0. The van der Waals surface area contributed by atoms with Crippen molar-refractivity contribution in [1.82, 2.24) is 9.71 Å². The first-order chi connectivity index (χ1) is 6.41. The van der Waals surface area contributed by atoms with Gasteiger partial charge in [0, 0.05) is 16.7 Å². The Kier molecular flexibility index (Phi) is 3.94. The minimum atomic E-state index is -1.04. The maximum Gasteiger partial charge on any atom is 0.136 e. The Morgan fingerprint density at radius 3 is 2.64 bits per heavy atom. The van der Waals surface area contributed by atoms with E-state index in [1.54, 1.807) is 16.8 Å². The van der Waals surface area contributed by atoms with Gasteiger partial charge in [-0.3, -0.25) is 0 Å². The van der Waals surface area contributed by atoms with Crippen molar-refractivity contribution in [3.8, 4) is 0 Å². The summed E-state index contributed by atoms with van der Waals surface area (Å²) in [5.74, 6) is 0. The number of nitrogens with one attached hydrogen (secondary N) is 1. The fourth-order valence-corrected chi connectivity index (χ4v) is 2.28. The Bertz CT molecular complexity index is 269. The maximum atomic E-state index is 11.7. The highest BCUT2D eigenvalue weighted by molar-refractivity contribution is 7.90. The molecular weight excluding hydrogens is 216 g/mol. The van der Waals surface area contributed by atoms with Crippen LogP contribution < -0.4 is 4.72 Å². The monoisotopic (exact) mass is 232 g/mol. The maximum absolute atomic E-state index is 11.7. The molecule has 0 aliphatic heterocycles. The van der Waals surface area contributed by atoms with Crippen molar-refractivity contribution in [2.45, 2.75) is 38.5 Å². The zero-order chi connectivity index (χ0) is 10.8. The van der Waals surface area contributed by atoms with Gasteiger partial charge >= 0.3 is 0 Å². The van der Waals surface area contributed by atoms with Crippen LogP contribution in [0.15, 0.2) is 10.9 Å². The minimum Gasteiger partial charge on any atom is -0.598 e. The number of hydrogen-bond acceptors (Lipinski definition) is 4. The molecule has 0 fully saturated rings. The van der Waals surface area contributed by atoms with Gasteiger partial charge in [0.1, 0.15) is 4.75 Å². The van der Waals surface area contributed by atoms with Gasteiger partial charge < -0.3 is 4.55 Å². The molecule has 2 unspecified atom stereocenters. The lowest BCUT2D eigenvalue weighted by Gasteiger charge is -2.25. The predicted octanol–water partition coefficient (Wildman–Crippen LogP) is 2.26. The zero-order valence-corrected chi connectivity index (χ0v) is 10.5. The summed E-state index contributed by atoms with van der Waals surface area (Å²) in [4.78, 5) is 4.17. The SMILES string of the molecule is CC(N[S+]([O-])C(C)(C)C)c1cscn1. The molecule has 80 valence electrons. The van der Waals surface area contributed by atoms with Gasteiger partial charge in [0.05, 0.1) is 17.2 Å². The Morgan fingerprint density at radius 1 is 1.57 bits per heavy atom. The molecule has 0 saturated carbocycles. The Morgan fingerprint density at radius 2 is 2.21 bits per heavy atom. The summed E-state index contributed by atoms with van der Waals surface area (Å²) < 4.78 is 14.6. The van der Waals surface area contributed by atoms with E-state index < -0.39 is 11.4 Å². The standard InChI is InChI=1S/C9H16N2OS2/c1-7(8-5-13-6-10-8)11-14(12)9(2,3)4/h5-7,11H,1-4H3. The molecule has 1 aromatic heterocycles. The van der Waals surface area contributed by atoms with Crippen LogP contribution in [0, 0.1) is 0 Å². The van der Waals surface area contributed by atoms with Gasteiger partial charge in [0.2, 0.25) is 0 Å². The van der Waals surface area contributed by atoms with Crippen molar-refractivity contribution in [2.24, 2.45) is 0 Å². The molecule has 0 aliphatic rings. The summed E-state index contributed by atoms with van der Waals surface area (Å²) in [5, 5.41) is 1.97. The van der Waals surface area contributed by atoms with Gasteiger partial charge in [-0.15, -0.1) is 16.1 Å². The molecule has 3 nitrogen and oxygen atoms in total. The van der Waals surface area contributed by atoms with E-state index >= 15 is 0 Å². The van der Waals surface area contributed by atoms with E-state index in [2.05, 4.69) is 9.71 Å². The van der Waals surface area contributed by atoms with Gasteiger partial charge in [-0.1, -0.05) is 0 Å². The predicted molar refractivity (Wildman–Crippen MR) is 61.6 cm³/mol. The Hall–Kier alpha value is -0.100. The largest absolute Gasteiger partial charge is 0.598 e. The van der Waals surface area contributed by atoms with E-state index in [1.165, 1.54) is 0 Å². The van der Waals surface area contributed by atoms with E-state index in [0.29, 0.717) is 0 Å². The van der Waals surface area contributed by atoms with Gasteiger partial charge in [-0.25, -0.2) is 4.98 Å². The topological polar surface area (TPSA) is 48.0 Å². The van der Waals surface area contributed by atoms with Crippen molar-refractivity contribution in [3.63, 3.8) is 0 Å². The quantitative estimate of drug-likeness (QED) is 0.813. The highest BCUT2D eigenvalue weighted by Gasteiger charge is 2.28. The first-order valence-electron chi connectivity index (χ1n) is 4.47. The van der Waals surface area contributed by atoms with E-state index in [9.17, 15) is 4.55 Å². The lowest BCUT2D eigenvalue weighted by molar-refractivity contribution is 0.529. The summed E-state index contributed by atoms with van der Waals surface area (Å²) in [6.07, 6.45) is 0. The summed E-state index contributed by atoms with van der Waals surface area (Å²) in [5.41, 5.74) is 2.74. The second kappa shape index (κ2) is 4.61. The fraction of sp³-hybridized carbons (Fsp3) is 0.667. The summed E-state index contributed by atoms with van der Waals surface area (Å²) in [6.45, 7) is 7.82. The van der Waals surface area contributed by atoms with Crippen LogP contribution in [-0.4, -0.2) is 14.3 Å². The normalized spacial score (nSPS) is 16.6. The first-order valence-corrected chi connectivity index (χ1v) is 6.56.